The average Bonchev–Trinajstić information content (AvgIpc) is 2.59. The minimum absolute atomic E-state index is 0.181. The van der Waals surface area contributed by atoms with Crippen LogP contribution in [0.5, 0.6) is 0 Å². The average molecular weight is 253 g/mol. The molecular weight excluding hydrogens is 230 g/mol. The molecule has 1 unspecified atom stereocenters. The largest absolute Gasteiger partial charge is 0.461 e. The Morgan fingerprint density at radius 1 is 1.56 bits per heavy atom. The SMILES string of the molecule is CCOC(=O)c1ncn(CC(C)C(C)(C)C)c1N. The first-order valence-electron chi connectivity index (χ1n) is 6.25. The van der Waals surface area contributed by atoms with Crippen molar-refractivity contribution in [3.63, 3.8) is 0 Å². The Bertz CT molecular complexity index is 418. The zero-order valence-electron chi connectivity index (χ0n) is 11.9. The van der Waals surface area contributed by atoms with Crippen LogP contribution in [0.4, 0.5) is 5.82 Å². The van der Waals surface area contributed by atoms with E-state index in [1.54, 1.807) is 13.3 Å². The molecule has 1 aromatic rings. The van der Waals surface area contributed by atoms with Crippen LogP contribution in [-0.2, 0) is 11.3 Å². The predicted octanol–water partition coefficient (Wildman–Crippen LogP) is 2.32. The Hall–Kier alpha value is -1.52. The number of esters is 1. The first-order chi connectivity index (χ1) is 8.27. The summed E-state index contributed by atoms with van der Waals surface area (Å²) in [5.74, 6) is 0.339. The summed E-state index contributed by atoms with van der Waals surface area (Å²) in [6.45, 7) is 11.5. The van der Waals surface area contributed by atoms with Crippen LogP contribution in [0.2, 0.25) is 0 Å². The molecule has 2 N–H and O–H groups in total. The van der Waals surface area contributed by atoms with Crippen LogP contribution in [0.25, 0.3) is 0 Å². The van der Waals surface area contributed by atoms with Crippen LogP contribution in [-0.4, -0.2) is 22.1 Å². The normalized spacial score (nSPS) is 13.4. The molecule has 1 heterocycles. The predicted molar refractivity (Wildman–Crippen MR) is 71.2 cm³/mol. The lowest BCUT2D eigenvalue weighted by molar-refractivity contribution is 0.0521. The Morgan fingerprint density at radius 2 is 2.17 bits per heavy atom. The number of nitrogens with two attached hydrogens (primary N) is 1. The van der Waals surface area contributed by atoms with Crippen LogP contribution >= 0.6 is 0 Å². The first-order valence-corrected chi connectivity index (χ1v) is 6.25. The molecular formula is C13H23N3O2. The fourth-order valence-corrected chi connectivity index (χ4v) is 1.46. The molecule has 1 aromatic heterocycles. The quantitative estimate of drug-likeness (QED) is 0.836. The van der Waals surface area contributed by atoms with Gasteiger partial charge in [0.25, 0.3) is 0 Å². The van der Waals surface area contributed by atoms with Crippen LogP contribution in [0.3, 0.4) is 0 Å². The van der Waals surface area contributed by atoms with Crippen LogP contribution in [0.15, 0.2) is 6.33 Å². The van der Waals surface area contributed by atoms with Crippen molar-refractivity contribution in [1.29, 1.82) is 0 Å². The van der Waals surface area contributed by atoms with E-state index in [1.165, 1.54) is 0 Å². The lowest BCUT2D eigenvalue weighted by atomic mass is 9.82. The summed E-state index contributed by atoms with van der Waals surface area (Å²) in [7, 11) is 0. The van der Waals surface area contributed by atoms with E-state index in [4.69, 9.17) is 10.5 Å². The van der Waals surface area contributed by atoms with E-state index in [9.17, 15) is 4.79 Å². The van der Waals surface area contributed by atoms with E-state index in [0.29, 0.717) is 18.3 Å². The fourth-order valence-electron chi connectivity index (χ4n) is 1.46. The van der Waals surface area contributed by atoms with Gasteiger partial charge in [0.1, 0.15) is 5.82 Å². The molecule has 0 amide bonds. The molecule has 1 rings (SSSR count). The molecule has 5 nitrogen and oxygen atoms in total. The first kappa shape index (κ1) is 14.5. The second-order valence-electron chi connectivity index (χ2n) is 5.62. The number of nitrogens with zero attached hydrogens (tertiary/aromatic N) is 2. The third-order valence-corrected chi connectivity index (χ3v) is 3.30. The molecule has 0 saturated heterocycles. The van der Waals surface area contributed by atoms with Crippen molar-refractivity contribution in [3.8, 4) is 0 Å². The number of hydrogen-bond donors (Lipinski definition) is 1. The van der Waals surface area contributed by atoms with Crippen LogP contribution < -0.4 is 5.73 Å². The minimum Gasteiger partial charge on any atom is -0.461 e. The minimum atomic E-state index is -0.461. The number of nitrogen functional groups attached to an aromatic ring is 1. The Balaban J connectivity index is 2.84. The van der Waals surface area contributed by atoms with E-state index >= 15 is 0 Å². The van der Waals surface area contributed by atoms with Crippen molar-refractivity contribution < 1.29 is 9.53 Å². The highest BCUT2D eigenvalue weighted by molar-refractivity contribution is 5.92. The van der Waals surface area contributed by atoms with Crippen molar-refractivity contribution >= 4 is 11.8 Å². The van der Waals surface area contributed by atoms with E-state index in [-0.39, 0.29) is 11.1 Å². The molecule has 0 aliphatic rings. The number of anilines is 1. The molecule has 1 atom stereocenters. The molecule has 0 saturated carbocycles. The summed E-state index contributed by atoms with van der Waals surface area (Å²) >= 11 is 0. The molecule has 5 heteroatoms. The molecule has 0 aromatic carbocycles. The van der Waals surface area contributed by atoms with E-state index < -0.39 is 5.97 Å². The number of ether oxygens (including phenoxy) is 1. The summed E-state index contributed by atoms with van der Waals surface area (Å²) in [4.78, 5) is 15.6. The third kappa shape index (κ3) is 3.24. The fraction of sp³-hybridized carbons (Fsp3) is 0.692. The number of aromatic nitrogens is 2. The van der Waals surface area contributed by atoms with Crippen molar-refractivity contribution in [2.75, 3.05) is 12.3 Å². The lowest BCUT2D eigenvalue weighted by Crippen LogP contribution is -2.23. The highest BCUT2D eigenvalue weighted by atomic mass is 16.5. The summed E-state index contributed by atoms with van der Waals surface area (Å²) in [6, 6.07) is 0. The molecule has 0 radical (unpaired) electrons. The monoisotopic (exact) mass is 253 g/mol. The number of imidazole rings is 1. The highest BCUT2D eigenvalue weighted by Crippen LogP contribution is 2.27. The maximum Gasteiger partial charge on any atom is 0.360 e. The van der Waals surface area contributed by atoms with Gasteiger partial charge in [-0.1, -0.05) is 27.7 Å². The van der Waals surface area contributed by atoms with Gasteiger partial charge in [0.05, 0.1) is 12.9 Å². The number of carbonyl (C=O) groups excluding carboxylic acids is 1. The van der Waals surface area contributed by atoms with Gasteiger partial charge in [-0.25, -0.2) is 9.78 Å². The van der Waals surface area contributed by atoms with Crippen molar-refractivity contribution in [2.45, 2.75) is 41.2 Å². The number of hydrogen-bond acceptors (Lipinski definition) is 4. The molecule has 18 heavy (non-hydrogen) atoms. The maximum atomic E-state index is 11.6. The topological polar surface area (TPSA) is 70.1 Å². The zero-order chi connectivity index (χ0) is 13.9. The summed E-state index contributed by atoms with van der Waals surface area (Å²) < 4.78 is 6.71. The van der Waals surface area contributed by atoms with Gasteiger partial charge < -0.3 is 15.0 Å². The second-order valence-corrected chi connectivity index (χ2v) is 5.62. The smallest absolute Gasteiger partial charge is 0.360 e. The summed E-state index contributed by atoms with van der Waals surface area (Å²) in [5.41, 5.74) is 6.31. The van der Waals surface area contributed by atoms with Gasteiger partial charge in [0.15, 0.2) is 5.69 Å². The highest BCUT2D eigenvalue weighted by Gasteiger charge is 2.23. The number of rotatable bonds is 4. The molecule has 0 aliphatic heterocycles. The molecule has 0 fully saturated rings. The van der Waals surface area contributed by atoms with Gasteiger partial charge in [-0.15, -0.1) is 0 Å². The van der Waals surface area contributed by atoms with Gasteiger partial charge in [-0.05, 0) is 18.3 Å². The standard InChI is InChI=1S/C13H23N3O2/c1-6-18-12(17)10-11(14)16(8-15-10)7-9(2)13(3,4)5/h8-9H,6-7,14H2,1-5H3. The van der Waals surface area contributed by atoms with Gasteiger partial charge >= 0.3 is 5.97 Å². The van der Waals surface area contributed by atoms with E-state index in [1.807, 2.05) is 4.57 Å². The van der Waals surface area contributed by atoms with Gasteiger partial charge in [0, 0.05) is 6.54 Å². The van der Waals surface area contributed by atoms with Crippen molar-refractivity contribution in [3.05, 3.63) is 12.0 Å². The Morgan fingerprint density at radius 3 is 2.67 bits per heavy atom. The van der Waals surface area contributed by atoms with Gasteiger partial charge in [-0.2, -0.15) is 0 Å². The van der Waals surface area contributed by atoms with E-state index in [0.717, 1.165) is 6.54 Å². The van der Waals surface area contributed by atoms with Gasteiger partial charge in [-0.3, -0.25) is 0 Å². The molecule has 0 aliphatic carbocycles. The lowest BCUT2D eigenvalue weighted by Gasteiger charge is -2.27. The van der Waals surface area contributed by atoms with Crippen molar-refractivity contribution in [2.24, 2.45) is 11.3 Å². The second kappa shape index (κ2) is 5.42. The van der Waals surface area contributed by atoms with Crippen LogP contribution in [0.1, 0.15) is 45.1 Å². The Kier molecular flexibility index (Phi) is 4.38. The van der Waals surface area contributed by atoms with Gasteiger partial charge in [0.2, 0.25) is 0 Å². The Labute approximate surface area is 108 Å². The van der Waals surface area contributed by atoms with E-state index in [2.05, 4.69) is 32.7 Å². The molecule has 0 bridgehead atoms. The summed E-state index contributed by atoms with van der Waals surface area (Å²) in [6.07, 6.45) is 1.60. The van der Waals surface area contributed by atoms with Crippen molar-refractivity contribution in [1.82, 2.24) is 9.55 Å². The zero-order valence-corrected chi connectivity index (χ0v) is 11.9. The number of carbonyl (C=O) groups is 1. The third-order valence-electron chi connectivity index (χ3n) is 3.30. The molecule has 102 valence electrons. The summed E-state index contributed by atoms with van der Waals surface area (Å²) in [5, 5.41) is 0. The maximum absolute atomic E-state index is 11.6. The molecule has 0 spiro atoms. The van der Waals surface area contributed by atoms with Crippen LogP contribution in [0, 0.1) is 11.3 Å².